The normalized spacial score (nSPS) is 18.8. The summed E-state index contributed by atoms with van der Waals surface area (Å²) in [6, 6.07) is 26.4. The fourth-order valence-corrected chi connectivity index (χ4v) is 10.5. The molecule has 0 amide bonds. The smallest absolute Gasteiger partial charge is 0.119 e. The predicted octanol–water partition coefficient (Wildman–Crippen LogP) is 18.6. The maximum atomic E-state index is 6.08. The van der Waals surface area contributed by atoms with Crippen LogP contribution in [0.2, 0.25) is 0 Å². The van der Waals surface area contributed by atoms with Crippen LogP contribution in [0.15, 0.2) is 72.8 Å². The summed E-state index contributed by atoms with van der Waals surface area (Å²) in [5, 5.41) is 0. The molecule has 3 aromatic rings. The first-order chi connectivity index (χ1) is 31.7. The van der Waals surface area contributed by atoms with Gasteiger partial charge in [0.25, 0.3) is 0 Å². The van der Waals surface area contributed by atoms with Crippen LogP contribution in [-0.2, 0) is 0 Å². The third kappa shape index (κ3) is 21.9. The Kier molecular flexibility index (Phi) is 27.0. The molecule has 0 N–H and O–H groups in total. The standard InChI is InChI=1S/C60H94O4/c1-3-5-19-25-51-27-31-53(32-28-51)55-35-39-57(40-36-55)61-47-21-15-11-7-9-13-17-23-49-63-59-43-45-60(46-44-59)64-50-24-18-14-10-8-12-16-22-48-62-58-41-37-56(38-42-58)54-33-29-52(30-34-54)26-20-6-4-2/h35-46,51-54H,3-34,47-50H2,1-2H3. The van der Waals surface area contributed by atoms with Crippen molar-refractivity contribution in [2.45, 2.75) is 231 Å². The highest BCUT2D eigenvalue weighted by molar-refractivity contribution is 5.32. The summed E-state index contributed by atoms with van der Waals surface area (Å²) in [7, 11) is 0. The summed E-state index contributed by atoms with van der Waals surface area (Å²) in [4.78, 5) is 0. The first-order valence-electron chi connectivity index (χ1n) is 27.5. The monoisotopic (exact) mass is 879 g/mol. The van der Waals surface area contributed by atoms with Gasteiger partial charge in [-0.15, -0.1) is 0 Å². The zero-order valence-corrected chi connectivity index (χ0v) is 41.3. The van der Waals surface area contributed by atoms with Gasteiger partial charge in [0.1, 0.15) is 23.0 Å². The van der Waals surface area contributed by atoms with E-state index in [1.165, 1.54) is 191 Å². The second kappa shape index (κ2) is 33.3. The number of hydrogen-bond acceptors (Lipinski definition) is 4. The fourth-order valence-electron chi connectivity index (χ4n) is 10.5. The summed E-state index contributed by atoms with van der Waals surface area (Å²) < 4.78 is 24.2. The van der Waals surface area contributed by atoms with Crippen LogP contribution in [0.3, 0.4) is 0 Å². The van der Waals surface area contributed by atoms with Crippen LogP contribution in [0, 0.1) is 11.8 Å². The molecule has 0 spiro atoms. The quantitative estimate of drug-likeness (QED) is 0.0545. The Morgan fingerprint density at radius 3 is 0.812 bits per heavy atom. The molecule has 5 rings (SSSR count). The first-order valence-corrected chi connectivity index (χ1v) is 27.5. The minimum absolute atomic E-state index is 0.755. The lowest BCUT2D eigenvalue weighted by Gasteiger charge is -2.29. The molecule has 2 saturated carbocycles. The summed E-state index contributed by atoms with van der Waals surface area (Å²) in [6.45, 7) is 7.87. The summed E-state index contributed by atoms with van der Waals surface area (Å²) >= 11 is 0. The maximum absolute atomic E-state index is 6.08. The molecule has 64 heavy (non-hydrogen) atoms. The number of ether oxygens (including phenoxy) is 4. The highest BCUT2D eigenvalue weighted by atomic mass is 16.5. The largest absolute Gasteiger partial charge is 0.494 e. The Bertz CT molecular complexity index is 1400. The van der Waals surface area contributed by atoms with Crippen molar-refractivity contribution in [1.29, 1.82) is 0 Å². The van der Waals surface area contributed by atoms with Gasteiger partial charge in [-0.05, 0) is 160 Å². The Morgan fingerprint density at radius 2 is 0.547 bits per heavy atom. The van der Waals surface area contributed by atoms with Crippen molar-refractivity contribution in [3.63, 3.8) is 0 Å². The van der Waals surface area contributed by atoms with E-state index in [0.29, 0.717) is 0 Å². The van der Waals surface area contributed by atoms with E-state index in [-0.39, 0.29) is 0 Å². The van der Waals surface area contributed by atoms with Gasteiger partial charge in [-0.1, -0.05) is 167 Å². The molecule has 0 aliphatic heterocycles. The topological polar surface area (TPSA) is 36.9 Å². The Morgan fingerprint density at radius 1 is 0.297 bits per heavy atom. The molecular formula is C60H94O4. The number of benzene rings is 3. The molecule has 2 aliphatic rings. The van der Waals surface area contributed by atoms with E-state index in [2.05, 4.69) is 86.6 Å². The van der Waals surface area contributed by atoms with Crippen LogP contribution in [0.4, 0.5) is 0 Å². The Balaban J connectivity index is 0.743. The average molecular weight is 879 g/mol. The summed E-state index contributed by atoms with van der Waals surface area (Å²) in [5.74, 6) is 7.43. The van der Waals surface area contributed by atoms with Gasteiger partial charge in [0.15, 0.2) is 0 Å². The van der Waals surface area contributed by atoms with Gasteiger partial charge >= 0.3 is 0 Å². The molecule has 0 unspecified atom stereocenters. The Hall–Kier alpha value is -3.14. The molecule has 4 heteroatoms. The van der Waals surface area contributed by atoms with Crippen LogP contribution in [-0.4, -0.2) is 26.4 Å². The molecule has 0 aromatic heterocycles. The zero-order chi connectivity index (χ0) is 44.5. The van der Waals surface area contributed by atoms with Crippen LogP contribution in [0.25, 0.3) is 0 Å². The zero-order valence-electron chi connectivity index (χ0n) is 41.3. The molecule has 0 bridgehead atoms. The maximum Gasteiger partial charge on any atom is 0.119 e. The average Bonchev–Trinajstić information content (AvgIpc) is 3.33. The van der Waals surface area contributed by atoms with Gasteiger partial charge in [-0.2, -0.15) is 0 Å². The second-order valence-electron chi connectivity index (χ2n) is 20.1. The van der Waals surface area contributed by atoms with Crippen LogP contribution in [0.5, 0.6) is 23.0 Å². The lowest BCUT2D eigenvalue weighted by atomic mass is 9.77. The lowest BCUT2D eigenvalue weighted by Crippen LogP contribution is -2.13. The number of unbranched alkanes of at least 4 members (excludes halogenated alkanes) is 18. The lowest BCUT2D eigenvalue weighted by molar-refractivity contribution is 0.295. The molecule has 4 nitrogen and oxygen atoms in total. The minimum Gasteiger partial charge on any atom is -0.494 e. The minimum atomic E-state index is 0.755. The van der Waals surface area contributed by atoms with Gasteiger partial charge in [0.2, 0.25) is 0 Å². The van der Waals surface area contributed by atoms with Gasteiger partial charge < -0.3 is 18.9 Å². The van der Waals surface area contributed by atoms with Crippen molar-refractivity contribution < 1.29 is 18.9 Å². The van der Waals surface area contributed by atoms with E-state index in [0.717, 1.165) is 98.8 Å². The van der Waals surface area contributed by atoms with Crippen LogP contribution >= 0.6 is 0 Å². The fraction of sp³-hybridized carbons (Fsp3) is 0.700. The molecule has 3 aromatic carbocycles. The van der Waals surface area contributed by atoms with E-state index in [9.17, 15) is 0 Å². The van der Waals surface area contributed by atoms with E-state index >= 15 is 0 Å². The second-order valence-corrected chi connectivity index (χ2v) is 20.1. The van der Waals surface area contributed by atoms with E-state index in [4.69, 9.17) is 18.9 Å². The highest BCUT2D eigenvalue weighted by Gasteiger charge is 2.23. The third-order valence-corrected chi connectivity index (χ3v) is 14.8. The first kappa shape index (κ1) is 51.8. The molecule has 0 heterocycles. The third-order valence-electron chi connectivity index (χ3n) is 14.8. The van der Waals surface area contributed by atoms with Crippen LogP contribution < -0.4 is 18.9 Å². The predicted molar refractivity (Wildman–Crippen MR) is 273 cm³/mol. The van der Waals surface area contributed by atoms with Crippen LogP contribution in [0.1, 0.15) is 242 Å². The van der Waals surface area contributed by atoms with Crippen molar-refractivity contribution in [2.75, 3.05) is 26.4 Å². The molecule has 358 valence electrons. The number of rotatable bonds is 36. The van der Waals surface area contributed by atoms with Crippen molar-refractivity contribution in [3.05, 3.63) is 83.9 Å². The van der Waals surface area contributed by atoms with Gasteiger partial charge in [-0.3, -0.25) is 0 Å². The van der Waals surface area contributed by atoms with Gasteiger partial charge in [0.05, 0.1) is 26.4 Å². The highest BCUT2D eigenvalue weighted by Crippen LogP contribution is 2.39. The van der Waals surface area contributed by atoms with E-state index in [1.807, 2.05) is 0 Å². The molecule has 0 atom stereocenters. The Labute approximate surface area is 393 Å². The number of hydrogen-bond donors (Lipinski definition) is 0. The van der Waals surface area contributed by atoms with Crippen molar-refractivity contribution in [1.82, 2.24) is 0 Å². The molecular weight excluding hydrogens is 785 g/mol. The van der Waals surface area contributed by atoms with Crippen molar-refractivity contribution in [2.24, 2.45) is 11.8 Å². The van der Waals surface area contributed by atoms with Crippen molar-refractivity contribution in [3.8, 4) is 23.0 Å². The summed E-state index contributed by atoms with van der Waals surface area (Å²) in [5.41, 5.74) is 3.04. The SMILES string of the molecule is CCCCCC1CCC(c2ccc(OCCCCCCCCCCOc3ccc(OCCCCCCCCCCOc4ccc(C5CCC(CCCCC)CC5)cc4)cc3)cc2)CC1. The molecule has 2 aliphatic carbocycles. The molecule has 0 radical (unpaired) electrons. The molecule has 2 fully saturated rings. The van der Waals surface area contributed by atoms with E-state index < -0.39 is 0 Å². The summed E-state index contributed by atoms with van der Waals surface area (Å²) in [6.07, 6.45) is 42.4. The van der Waals surface area contributed by atoms with Gasteiger partial charge in [0, 0.05) is 0 Å². The van der Waals surface area contributed by atoms with E-state index in [1.54, 1.807) is 0 Å². The molecule has 0 saturated heterocycles. The van der Waals surface area contributed by atoms with Crippen molar-refractivity contribution >= 4 is 0 Å². The van der Waals surface area contributed by atoms with Gasteiger partial charge in [-0.25, -0.2) is 0 Å².